The van der Waals surface area contributed by atoms with Crippen LogP contribution in [0.2, 0.25) is 0 Å². The Morgan fingerprint density at radius 2 is 1.74 bits per heavy atom. The first-order valence-corrected chi connectivity index (χ1v) is 7.38. The van der Waals surface area contributed by atoms with Crippen molar-refractivity contribution in [3.8, 4) is 0 Å². The third-order valence-electron chi connectivity index (χ3n) is 3.38. The Bertz CT molecular complexity index is 403. The lowest BCUT2D eigenvalue weighted by Crippen LogP contribution is -2.59. The molecule has 1 aliphatic heterocycles. The molecule has 1 aliphatic rings. The van der Waals surface area contributed by atoms with Gasteiger partial charge in [-0.1, -0.05) is 30.3 Å². The fourth-order valence-corrected chi connectivity index (χ4v) is 2.91. The Balaban J connectivity index is 2.19. The molecule has 2 rings (SSSR count). The van der Waals surface area contributed by atoms with Crippen LogP contribution >= 0.6 is 11.8 Å². The summed E-state index contributed by atoms with van der Waals surface area (Å²) in [6, 6.07) is 8.69. The molecule has 106 valence electrons. The van der Waals surface area contributed by atoms with Crippen LogP contribution in [0.3, 0.4) is 0 Å². The Labute approximate surface area is 116 Å². The molecular formula is C13H19NO4S. The van der Waals surface area contributed by atoms with Crippen LogP contribution in [0.1, 0.15) is 11.6 Å². The van der Waals surface area contributed by atoms with Gasteiger partial charge in [-0.15, -0.1) is 11.8 Å². The van der Waals surface area contributed by atoms with Gasteiger partial charge in [0.05, 0.1) is 6.04 Å². The van der Waals surface area contributed by atoms with Gasteiger partial charge in [-0.2, -0.15) is 0 Å². The van der Waals surface area contributed by atoms with Crippen molar-refractivity contribution in [3.05, 3.63) is 35.9 Å². The third-order valence-corrected chi connectivity index (χ3v) is 4.23. The minimum Gasteiger partial charge on any atom is -0.388 e. The van der Waals surface area contributed by atoms with Gasteiger partial charge in [-0.25, -0.2) is 0 Å². The first-order valence-electron chi connectivity index (χ1n) is 6.09. The molecule has 1 saturated heterocycles. The van der Waals surface area contributed by atoms with Crippen LogP contribution in [-0.2, 0) is 4.74 Å². The first kappa shape index (κ1) is 14.8. The van der Waals surface area contributed by atoms with Crippen molar-refractivity contribution >= 4 is 11.8 Å². The zero-order valence-electron chi connectivity index (χ0n) is 10.6. The molecule has 0 aromatic heterocycles. The normalized spacial score (nSPS) is 37.0. The molecule has 5 N–H and O–H groups in total. The highest BCUT2D eigenvalue weighted by molar-refractivity contribution is 7.99. The van der Waals surface area contributed by atoms with E-state index in [1.165, 1.54) is 11.8 Å². The topological polar surface area (TPSA) is 95.9 Å². The van der Waals surface area contributed by atoms with Gasteiger partial charge in [-0.3, -0.25) is 0 Å². The molecule has 6 atom stereocenters. The fourth-order valence-electron chi connectivity index (χ4n) is 2.23. The zero-order valence-corrected chi connectivity index (χ0v) is 11.4. The number of benzene rings is 1. The van der Waals surface area contributed by atoms with Crippen LogP contribution in [0.25, 0.3) is 0 Å². The quantitative estimate of drug-likeness (QED) is 0.617. The molecule has 6 heteroatoms. The molecule has 0 saturated carbocycles. The van der Waals surface area contributed by atoms with Gasteiger partial charge in [-0.05, 0) is 11.8 Å². The number of hydrogen-bond donors (Lipinski definition) is 4. The van der Waals surface area contributed by atoms with Gasteiger partial charge < -0.3 is 25.8 Å². The van der Waals surface area contributed by atoms with E-state index < -0.39 is 35.9 Å². The summed E-state index contributed by atoms with van der Waals surface area (Å²) in [6.45, 7) is 0. The third kappa shape index (κ3) is 2.94. The molecule has 1 aromatic carbocycles. The summed E-state index contributed by atoms with van der Waals surface area (Å²) in [5.41, 5.74) is 6.31. The van der Waals surface area contributed by atoms with Crippen molar-refractivity contribution in [3.63, 3.8) is 0 Å². The van der Waals surface area contributed by atoms with E-state index >= 15 is 0 Å². The maximum absolute atomic E-state index is 10.0. The van der Waals surface area contributed by atoms with E-state index in [0.717, 1.165) is 5.56 Å². The highest BCUT2D eigenvalue weighted by Crippen LogP contribution is 2.32. The van der Waals surface area contributed by atoms with E-state index in [9.17, 15) is 15.3 Å². The van der Waals surface area contributed by atoms with E-state index in [1.807, 2.05) is 30.3 Å². The highest BCUT2D eigenvalue weighted by atomic mass is 32.2. The van der Waals surface area contributed by atoms with E-state index in [2.05, 4.69) is 0 Å². The summed E-state index contributed by atoms with van der Waals surface area (Å²) in [6.07, 6.45) is -2.58. The van der Waals surface area contributed by atoms with Crippen molar-refractivity contribution in [2.75, 3.05) is 6.26 Å². The van der Waals surface area contributed by atoms with Crippen LogP contribution in [0.4, 0.5) is 0 Å². The summed E-state index contributed by atoms with van der Waals surface area (Å²) >= 11 is 1.28. The van der Waals surface area contributed by atoms with E-state index in [0.29, 0.717) is 0 Å². The van der Waals surface area contributed by atoms with Crippen molar-refractivity contribution in [1.29, 1.82) is 0 Å². The molecule has 5 nitrogen and oxygen atoms in total. The van der Waals surface area contributed by atoms with Gasteiger partial charge in [0, 0.05) is 0 Å². The van der Waals surface area contributed by atoms with Crippen LogP contribution in [-0.4, -0.2) is 51.4 Å². The predicted molar refractivity (Wildman–Crippen MR) is 73.6 cm³/mol. The summed E-state index contributed by atoms with van der Waals surface area (Å²) in [5.74, 6) is 0. The average Bonchev–Trinajstić information content (AvgIpc) is 2.45. The monoisotopic (exact) mass is 285 g/mol. The van der Waals surface area contributed by atoms with Crippen LogP contribution in [0.15, 0.2) is 30.3 Å². The molecule has 0 spiro atoms. The van der Waals surface area contributed by atoms with Gasteiger partial charge in [0.25, 0.3) is 0 Å². The second-order valence-electron chi connectivity index (χ2n) is 4.61. The number of hydrogen-bond acceptors (Lipinski definition) is 6. The minimum absolute atomic E-state index is 0.562. The lowest BCUT2D eigenvalue weighted by Gasteiger charge is -2.42. The summed E-state index contributed by atoms with van der Waals surface area (Å²) in [7, 11) is 0. The summed E-state index contributed by atoms with van der Waals surface area (Å²) < 4.78 is 5.62. The Morgan fingerprint density at radius 1 is 1.11 bits per heavy atom. The maximum Gasteiger partial charge on any atom is 0.132 e. The molecule has 0 bridgehead atoms. The van der Waals surface area contributed by atoms with E-state index in [-0.39, 0.29) is 0 Å². The lowest BCUT2D eigenvalue weighted by molar-refractivity contribution is -0.203. The van der Waals surface area contributed by atoms with Crippen LogP contribution in [0.5, 0.6) is 0 Å². The first-order chi connectivity index (χ1) is 9.06. The van der Waals surface area contributed by atoms with Crippen molar-refractivity contribution in [2.24, 2.45) is 5.73 Å². The van der Waals surface area contributed by atoms with Crippen molar-refractivity contribution in [2.45, 2.75) is 35.9 Å². The molecule has 1 aromatic rings. The van der Waals surface area contributed by atoms with Gasteiger partial charge in [0.2, 0.25) is 0 Å². The molecular weight excluding hydrogens is 266 g/mol. The highest BCUT2D eigenvalue weighted by Gasteiger charge is 2.45. The second-order valence-corrected chi connectivity index (χ2v) is 5.55. The molecule has 6 unspecified atom stereocenters. The number of nitrogens with two attached hydrogens (primary N) is 1. The number of aliphatic hydroxyl groups excluding tert-OH is 3. The van der Waals surface area contributed by atoms with Crippen molar-refractivity contribution in [1.82, 2.24) is 0 Å². The van der Waals surface area contributed by atoms with E-state index in [4.69, 9.17) is 10.5 Å². The molecule has 0 amide bonds. The molecule has 1 heterocycles. The SMILES string of the molecule is CSC1OC(C(N)c2ccccc2)C(O)C(O)C1O. The zero-order chi connectivity index (χ0) is 14.0. The smallest absolute Gasteiger partial charge is 0.132 e. The number of rotatable bonds is 3. The number of thioether (sulfide) groups is 1. The Kier molecular flexibility index (Phi) is 4.83. The van der Waals surface area contributed by atoms with Crippen LogP contribution < -0.4 is 5.73 Å². The standard InChI is InChI=1S/C13H19NO4S/c1-19-13-11(17)9(15)10(16)12(18-13)8(14)7-5-3-2-4-6-7/h2-6,8-13,15-17H,14H2,1H3. The molecule has 1 fully saturated rings. The minimum atomic E-state index is -1.26. The maximum atomic E-state index is 10.0. The molecule has 19 heavy (non-hydrogen) atoms. The lowest BCUT2D eigenvalue weighted by atomic mass is 9.91. The number of aliphatic hydroxyl groups is 3. The second kappa shape index (κ2) is 6.21. The number of ether oxygens (including phenoxy) is 1. The van der Waals surface area contributed by atoms with E-state index in [1.54, 1.807) is 6.26 Å². The summed E-state index contributed by atoms with van der Waals surface area (Å²) in [5, 5.41) is 29.7. The van der Waals surface area contributed by atoms with Gasteiger partial charge >= 0.3 is 0 Å². The Morgan fingerprint density at radius 3 is 2.32 bits per heavy atom. The predicted octanol–water partition coefficient (Wildman–Crippen LogP) is -0.143. The summed E-state index contributed by atoms with van der Waals surface area (Å²) in [4.78, 5) is 0. The van der Waals surface area contributed by atoms with Gasteiger partial charge in [0.1, 0.15) is 29.9 Å². The van der Waals surface area contributed by atoms with Crippen molar-refractivity contribution < 1.29 is 20.1 Å². The van der Waals surface area contributed by atoms with Crippen LogP contribution in [0, 0.1) is 0 Å². The van der Waals surface area contributed by atoms with Gasteiger partial charge in [0.15, 0.2) is 0 Å². The largest absolute Gasteiger partial charge is 0.388 e. The Hall–Kier alpha value is -0.630. The average molecular weight is 285 g/mol. The molecule has 0 aliphatic carbocycles. The fraction of sp³-hybridized carbons (Fsp3) is 0.538. The molecule has 0 radical (unpaired) electrons.